The second kappa shape index (κ2) is 23.7. The molecule has 1 heterocycles. The Morgan fingerprint density at radius 2 is 0.844 bits per heavy atom. The van der Waals surface area contributed by atoms with E-state index >= 15 is 0 Å². The first-order chi connectivity index (χ1) is 15.9. The van der Waals surface area contributed by atoms with E-state index < -0.39 is 0 Å². The zero-order valence-corrected chi connectivity index (χ0v) is 20.3. The fourth-order valence-electron chi connectivity index (χ4n) is 2.98. The first kappa shape index (κ1) is 29.6. The number of hydrogen-bond acceptors (Lipinski definition) is 10. The largest absolute Gasteiger partial charge is 0.382 e. The van der Waals surface area contributed by atoms with Crippen LogP contribution in [0.2, 0.25) is 0 Å². The van der Waals surface area contributed by atoms with Crippen molar-refractivity contribution >= 4 is 0 Å². The molecule has 1 aliphatic rings. The van der Waals surface area contributed by atoms with Crippen LogP contribution in [-0.4, -0.2) is 156 Å². The van der Waals surface area contributed by atoms with Crippen LogP contribution >= 0.6 is 0 Å². The molecule has 1 saturated heterocycles. The van der Waals surface area contributed by atoms with Crippen LogP contribution in [0.3, 0.4) is 0 Å². The van der Waals surface area contributed by atoms with Crippen molar-refractivity contribution in [1.29, 1.82) is 0 Å². The number of hydrogen-bond donors (Lipinski definition) is 0. The molecule has 0 N–H and O–H groups in total. The van der Waals surface area contributed by atoms with Gasteiger partial charge in [0.15, 0.2) is 0 Å². The summed E-state index contributed by atoms with van der Waals surface area (Å²) in [5.41, 5.74) is 0. The third-order valence-electron chi connectivity index (χ3n) is 4.92. The molecule has 0 aromatic rings. The van der Waals surface area contributed by atoms with Crippen molar-refractivity contribution in [2.24, 2.45) is 0 Å². The highest BCUT2D eigenvalue weighted by molar-refractivity contribution is 4.64. The van der Waals surface area contributed by atoms with Gasteiger partial charge in [-0.05, 0) is 0 Å². The summed E-state index contributed by atoms with van der Waals surface area (Å²) < 4.78 is 44.0. The van der Waals surface area contributed by atoms with Gasteiger partial charge >= 0.3 is 0 Å². The Balaban J connectivity index is 2.48. The third kappa shape index (κ3) is 19.1. The maximum absolute atomic E-state index is 5.75. The molecule has 10 nitrogen and oxygen atoms in total. The molecule has 10 heteroatoms. The lowest BCUT2D eigenvalue weighted by Gasteiger charge is -2.28. The SMILES string of the molecule is COCCOCCN1CCOCCOCCOCCOCCN(CCOCCOC)CC1. The van der Waals surface area contributed by atoms with E-state index in [-0.39, 0.29) is 0 Å². The van der Waals surface area contributed by atoms with E-state index in [1.807, 2.05) is 0 Å². The Morgan fingerprint density at radius 3 is 1.22 bits per heavy atom. The summed E-state index contributed by atoms with van der Waals surface area (Å²) in [6.07, 6.45) is 0. The van der Waals surface area contributed by atoms with E-state index in [1.54, 1.807) is 14.2 Å². The summed E-state index contributed by atoms with van der Waals surface area (Å²) in [6.45, 7) is 13.9. The van der Waals surface area contributed by atoms with Gasteiger partial charge in [-0.25, -0.2) is 0 Å². The molecule has 0 bridgehead atoms. The molecular formula is C22H46N2O8. The van der Waals surface area contributed by atoms with Gasteiger partial charge in [-0.1, -0.05) is 0 Å². The highest BCUT2D eigenvalue weighted by atomic mass is 16.6. The van der Waals surface area contributed by atoms with Crippen molar-refractivity contribution < 1.29 is 37.9 Å². The second-order valence-corrected chi connectivity index (χ2v) is 7.34. The van der Waals surface area contributed by atoms with Crippen molar-refractivity contribution in [3.63, 3.8) is 0 Å². The Morgan fingerprint density at radius 1 is 0.469 bits per heavy atom. The summed E-state index contributed by atoms with van der Waals surface area (Å²) >= 11 is 0. The fourth-order valence-corrected chi connectivity index (χ4v) is 2.98. The van der Waals surface area contributed by atoms with Crippen molar-refractivity contribution in [2.45, 2.75) is 0 Å². The zero-order valence-electron chi connectivity index (χ0n) is 20.3. The Hall–Kier alpha value is -0.400. The van der Waals surface area contributed by atoms with Crippen LogP contribution < -0.4 is 0 Å². The molecule has 0 radical (unpaired) electrons. The fraction of sp³-hybridized carbons (Fsp3) is 1.00. The summed E-state index contributed by atoms with van der Waals surface area (Å²) in [4.78, 5) is 4.76. The van der Waals surface area contributed by atoms with E-state index in [0.29, 0.717) is 92.5 Å². The Labute approximate surface area is 194 Å². The van der Waals surface area contributed by atoms with Crippen LogP contribution in [0.1, 0.15) is 0 Å². The minimum Gasteiger partial charge on any atom is -0.382 e. The van der Waals surface area contributed by atoms with E-state index in [2.05, 4.69) is 9.80 Å². The van der Waals surface area contributed by atoms with Gasteiger partial charge < -0.3 is 37.9 Å². The predicted molar refractivity (Wildman–Crippen MR) is 122 cm³/mol. The molecule has 0 aliphatic carbocycles. The standard InChI is InChI=1S/C22H46N2O8/c1-25-13-15-27-9-5-23-3-4-24(6-10-28-16-14-26-2)8-12-30-18-20-32-22-21-31-19-17-29-11-7-23/h3-22H2,1-2H3. The predicted octanol–water partition coefficient (Wildman–Crippen LogP) is -0.00360. The molecule has 0 amide bonds. The average molecular weight is 467 g/mol. The molecule has 0 spiro atoms. The molecule has 1 rings (SSSR count). The van der Waals surface area contributed by atoms with Gasteiger partial charge in [0.2, 0.25) is 0 Å². The van der Waals surface area contributed by atoms with Gasteiger partial charge in [0.1, 0.15) is 0 Å². The molecular weight excluding hydrogens is 420 g/mol. The molecule has 192 valence electrons. The van der Waals surface area contributed by atoms with Crippen molar-refractivity contribution in [3.8, 4) is 0 Å². The van der Waals surface area contributed by atoms with Crippen molar-refractivity contribution in [2.75, 3.05) is 146 Å². The topological polar surface area (TPSA) is 80.3 Å². The van der Waals surface area contributed by atoms with Crippen LogP contribution in [0.4, 0.5) is 0 Å². The monoisotopic (exact) mass is 466 g/mol. The molecule has 1 fully saturated rings. The number of nitrogens with zero attached hydrogens (tertiary/aromatic N) is 2. The quantitative estimate of drug-likeness (QED) is 0.367. The van der Waals surface area contributed by atoms with E-state index in [0.717, 1.165) is 39.3 Å². The second-order valence-electron chi connectivity index (χ2n) is 7.34. The van der Waals surface area contributed by atoms with Gasteiger partial charge in [-0.3, -0.25) is 9.80 Å². The lowest BCUT2D eigenvalue weighted by molar-refractivity contribution is -0.0114. The molecule has 32 heavy (non-hydrogen) atoms. The number of methoxy groups -OCH3 is 2. The van der Waals surface area contributed by atoms with E-state index in [1.165, 1.54) is 0 Å². The average Bonchev–Trinajstić information content (AvgIpc) is 2.80. The van der Waals surface area contributed by atoms with Crippen LogP contribution in [0.25, 0.3) is 0 Å². The van der Waals surface area contributed by atoms with Crippen LogP contribution in [-0.2, 0) is 37.9 Å². The summed E-state index contributed by atoms with van der Waals surface area (Å²) in [5.74, 6) is 0. The summed E-state index contributed by atoms with van der Waals surface area (Å²) in [7, 11) is 3.37. The van der Waals surface area contributed by atoms with Gasteiger partial charge in [-0.2, -0.15) is 0 Å². The van der Waals surface area contributed by atoms with Crippen molar-refractivity contribution in [1.82, 2.24) is 9.80 Å². The summed E-state index contributed by atoms with van der Waals surface area (Å²) in [5, 5.41) is 0. The maximum Gasteiger partial charge on any atom is 0.0701 e. The van der Waals surface area contributed by atoms with Gasteiger partial charge in [0, 0.05) is 53.5 Å². The molecule has 0 saturated carbocycles. The van der Waals surface area contributed by atoms with Crippen LogP contribution in [0.5, 0.6) is 0 Å². The molecule has 0 aromatic carbocycles. The van der Waals surface area contributed by atoms with Crippen LogP contribution in [0, 0.1) is 0 Å². The van der Waals surface area contributed by atoms with Gasteiger partial charge in [0.25, 0.3) is 0 Å². The lowest BCUT2D eigenvalue weighted by Crippen LogP contribution is -2.41. The Kier molecular flexibility index (Phi) is 22.0. The van der Waals surface area contributed by atoms with E-state index in [4.69, 9.17) is 37.9 Å². The summed E-state index contributed by atoms with van der Waals surface area (Å²) in [6, 6.07) is 0. The molecule has 0 aromatic heterocycles. The first-order valence-electron chi connectivity index (χ1n) is 11.8. The van der Waals surface area contributed by atoms with Gasteiger partial charge in [0.05, 0.1) is 92.5 Å². The normalized spacial score (nSPS) is 20.1. The minimum absolute atomic E-state index is 0.575. The van der Waals surface area contributed by atoms with E-state index in [9.17, 15) is 0 Å². The smallest absolute Gasteiger partial charge is 0.0701 e. The number of ether oxygens (including phenoxy) is 8. The molecule has 1 aliphatic heterocycles. The van der Waals surface area contributed by atoms with Crippen molar-refractivity contribution in [3.05, 3.63) is 0 Å². The highest BCUT2D eigenvalue weighted by Gasteiger charge is 2.11. The van der Waals surface area contributed by atoms with Crippen LogP contribution in [0.15, 0.2) is 0 Å². The molecule has 0 unspecified atom stereocenters. The Bertz CT molecular complexity index is 348. The lowest BCUT2D eigenvalue weighted by atomic mass is 10.4. The first-order valence-corrected chi connectivity index (χ1v) is 11.8. The minimum atomic E-state index is 0.575. The zero-order chi connectivity index (χ0) is 23.0. The van der Waals surface area contributed by atoms with Gasteiger partial charge in [-0.15, -0.1) is 0 Å². The molecule has 0 atom stereocenters. The highest BCUT2D eigenvalue weighted by Crippen LogP contribution is 1.97. The maximum atomic E-state index is 5.75. The number of rotatable bonds is 12. The third-order valence-corrected chi connectivity index (χ3v) is 4.92.